The van der Waals surface area contributed by atoms with E-state index in [1.165, 1.54) is 0 Å². The van der Waals surface area contributed by atoms with Gasteiger partial charge in [-0.15, -0.1) is 0 Å². The fourth-order valence-corrected chi connectivity index (χ4v) is 1.09. The summed E-state index contributed by atoms with van der Waals surface area (Å²) < 4.78 is 15.0. The fraction of sp³-hybridized carbons (Fsp3) is 0.800. The van der Waals surface area contributed by atoms with E-state index in [2.05, 4.69) is 9.61 Å². The molecule has 0 radical (unpaired) electrons. The van der Waals surface area contributed by atoms with Gasteiger partial charge in [0.1, 0.15) is 6.04 Å². The van der Waals surface area contributed by atoms with E-state index in [0.717, 1.165) is 7.11 Å². The van der Waals surface area contributed by atoms with E-state index in [-0.39, 0.29) is 13.0 Å². The number of rotatable bonds is 6. The van der Waals surface area contributed by atoms with Gasteiger partial charge in [-0.25, -0.2) is 9.65 Å². The normalized spacial score (nSPS) is 17.8. The van der Waals surface area contributed by atoms with Crippen LogP contribution in [0.4, 0.5) is 0 Å². The lowest BCUT2D eigenvalue weighted by Crippen LogP contribution is -2.33. The van der Waals surface area contributed by atoms with Crippen LogP contribution in [0.5, 0.6) is 0 Å². The molecule has 13 heavy (non-hydrogen) atoms. The predicted molar refractivity (Wildman–Crippen MR) is 45.1 cm³/mol. The summed E-state index contributed by atoms with van der Waals surface area (Å²) in [4.78, 5) is 19.0. The first-order valence-corrected chi connectivity index (χ1v) is 5.09. The first kappa shape index (κ1) is 12.5. The van der Waals surface area contributed by atoms with Crippen molar-refractivity contribution in [1.29, 1.82) is 0 Å². The van der Waals surface area contributed by atoms with Crippen molar-refractivity contribution in [3.05, 3.63) is 0 Å². The summed E-state index contributed by atoms with van der Waals surface area (Å²) >= 11 is 0. The molecule has 5 N–H and O–H groups in total. The first-order chi connectivity index (χ1) is 5.89. The maximum atomic E-state index is 10.8. The Kier molecular flexibility index (Phi) is 5.12. The van der Waals surface area contributed by atoms with E-state index in [1.54, 1.807) is 0 Å². The van der Waals surface area contributed by atoms with Crippen LogP contribution in [-0.4, -0.2) is 35.7 Å². The van der Waals surface area contributed by atoms with Crippen molar-refractivity contribution >= 4 is 13.7 Å². The van der Waals surface area contributed by atoms with Crippen molar-refractivity contribution in [3.8, 4) is 0 Å². The molecule has 0 aromatic rings. The topological polar surface area (TPSA) is 122 Å². The summed E-state index contributed by atoms with van der Waals surface area (Å²) in [6.45, 7) is 0.00901. The SMILES string of the molecule is COP(=O)(O)NCCC(N)C(=O)O. The Morgan fingerprint density at radius 1 is 1.77 bits per heavy atom. The highest BCUT2D eigenvalue weighted by atomic mass is 31.2. The molecule has 0 spiro atoms. The van der Waals surface area contributed by atoms with Crippen molar-refractivity contribution in [3.63, 3.8) is 0 Å². The van der Waals surface area contributed by atoms with Crippen molar-refractivity contribution < 1.29 is 23.9 Å². The number of nitrogens with two attached hydrogens (primary N) is 1. The molecule has 78 valence electrons. The molecule has 0 aromatic heterocycles. The minimum atomic E-state index is -3.76. The second-order valence-electron chi connectivity index (χ2n) is 2.34. The van der Waals surface area contributed by atoms with E-state index in [9.17, 15) is 9.36 Å². The Bertz CT molecular complexity index is 221. The van der Waals surface area contributed by atoms with E-state index in [1.807, 2.05) is 0 Å². The zero-order valence-electron chi connectivity index (χ0n) is 7.14. The Hall–Kier alpha value is -0.460. The summed E-state index contributed by atoms with van der Waals surface area (Å²) in [6, 6.07) is -1.04. The molecule has 0 heterocycles. The van der Waals surface area contributed by atoms with E-state index in [0.29, 0.717) is 0 Å². The summed E-state index contributed by atoms with van der Waals surface area (Å²) in [7, 11) is -2.68. The molecule has 0 amide bonds. The lowest BCUT2D eigenvalue weighted by Gasteiger charge is -2.11. The predicted octanol–water partition coefficient (Wildman–Crippen LogP) is -0.875. The highest BCUT2D eigenvalue weighted by Crippen LogP contribution is 2.34. The molecule has 0 aliphatic rings. The largest absolute Gasteiger partial charge is 0.480 e. The molecule has 0 bridgehead atoms. The summed E-state index contributed by atoms with van der Waals surface area (Å²) in [5.74, 6) is -1.15. The van der Waals surface area contributed by atoms with E-state index < -0.39 is 19.8 Å². The smallest absolute Gasteiger partial charge is 0.402 e. The molecule has 0 aromatic carbocycles. The molecular weight excluding hydrogens is 199 g/mol. The minimum absolute atomic E-state index is 0.00901. The Morgan fingerprint density at radius 2 is 2.31 bits per heavy atom. The lowest BCUT2D eigenvalue weighted by molar-refractivity contribution is -0.138. The summed E-state index contributed by atoms with van der Waals surface area (Å²) in [5.41, 5.74) is 5.14. The maximum Gasteiger partial charge on any atom is 0.402 e. The third-order valence-electron chi connectivity index (χ3n) is 1.33. The number of nitrogens with one attached hydrogen (secondary N) is 1. The first-order valence-electron chi connectivity index (χ1n) is 3.51. The fourth-order valence-electron chi connectivity index (χ4n) is 0.549. The highest BCUT2D eigenvalue weighted by molar-refractivity contribution is 7.50. The average molecular weight is 212 g/mol. The van der Waals surface area contributed by atoms with Crippen LogP contribution in [0.1, 0.15) is 6.42 Å². The molecule has 0 saturated carbocycles. The average Bonchev–Trinajstić information content (AvgIpc) is 2.04. The van der Waals surface area contributed by atoms with Crippen LogP contribution in [0.15, 0.2) is 0 Å². The zero-order chi connectivity index (χ0) is 10.5. The molecule has 2 unspecified atom stereocenters. The number of hydrogen-bond acceptors (Lipinski definition) is 4. The molecule has 0 aliphatic carbocycles. The van der Waals surface area contributed by atoms with Gasteiger partial charge in [-0.3, -0.25) is 4.79 Å². The van der Waals surface area contributed by atoms with Gasteiger partial charge in [0, 0.05) is 13.7 Å². The summed E-state index contributed by atoms with van der Waals surface area (Å²) in [6.07, 6.45) is 0.0588. The second-order valence-corrected chi connectivity index (χ2v) is 4.07. The number of hydrogen-bond donors (Lipinski definition) is 4. The number of aliphatic carboxylic acids is 1. The molecule has 8 heteroatoms. The van der Waals surface area contributed by atoms with Gasteiger partial charge < -0.3 is 20.3 Å². The monoisotopic (exact) mass is 212 g/mol. The third kappa shape index (κ3) is 5.73. The third-order valence-corrected chi connectivity index (χ3v) is 2.45. The molecule has 0 rings (SSSR count). The molecule has 0 aliphatic heterocycles. The molecule has 2 atom stereocenters. The number of carbonyl (C=O) groups is 1. The highest BCUT2D eigenvalue weighted by Gasteiger charge is 2.17. The van der Waals surface area contributed by atoms with Crippen LogP contribution >= 0.6 is 7.75 Å². The van der Waals surface area contributed by atoms with Gasteiger partial charge in [-0.05, 0) is 6.42 Å². The summed E-state index contributed by atoms with van der Waals surface area (Å²) in [5, 5.41) is 10.5. The van der Waals surface area contributed by atoms with E-state index >= 15 is 0 Å². The molecule has 0 saturated heterocycles. The van der Waals surface area contributed by atoms with Gasteiger partial charge >= 0.3 is 13.7 Å². The van der Waals surface area contributed by atoms with Gasteiger partial charge in [0.2, 0.25) is 0 Å². The quantitative estimate of drug-likeness (QED) is 0.422. The number of carboxylic acid groups (broad SMARTS) is 1. The Balaban J connectivity index is 3.68. The van der Waals surface area contributed by atoms with Crippen LogP contribution in [0.3, 0.4) is 0 Å². The maximum absolute atomic E-state index is 10.8. The van der Waals surface area contributed by atoms with Gasteiger partial charge in [-0.1, -0.05) is 0 Å². The second kappa shape index (κ2) is 5.31. The van der Waals surface area contributed by atoms with Crippen molar-refractivity contribution in [2.24, 2.45) is 5.73 Å². The van der Waals surface area contributed by atoms with Gasteiger partial charge in [0.15, 0.2) is 0 Å². The van der Waals surface area contributed by atoms with Crippen LogP contribution in [0, 0.1) is 0 Å². The standard InChI is InChI=1S/C5H13N2O5P/c1-12-13(10,11)7-3-2-4(6)5(8)9/h4H,2-3,6H2,1H3,(H,8,9)(H2,7,10,11). The van der Waals surface area contributed by atoms with Crippen LogP contribution < -0.4 is 10.8 Å². The van der Waals surface area contributed by atoms with Gasteiger partial charge in [0.25, 0.3) is 0 Å². The van der Waals surface area contributed by atoms with Crippen molar-refractivity contribution in [1.82, 2.24) is 5.09 Å². The minimum Gasteiger partial charge on any atom is -0.480 e. The Labute approximate surface area is 75.5 Å². The lowest BCUT2D eigenvalue weighted by atomic mass is 10.2. The molecule has 7 nitrogen and oxygen atoms in total. The van der Waals surface area contributed by atoms with Crippen LogP contribution in [-0.2, 0) is 13.9 Å². The molecular formula is C5H13N2O5P. The van der Waals surface area contributed by atoms with Crippen molar-refractivity contribution in [2.45, 2.75) is 12.5 Å². The van der Waals surface area contributed by atoms with Gasteiger partial charge in [0.05, 0.1) is 0 Å². The van der Waals surface area contributed by atoms with E-state index in [4.69, 9.17) is 15.7 Å². The zero-order valence-corrected chi connectivity index (χ0v) is 8.03. The number of carboxylic acids is 1. The molecule has 0 fully saturated rings. The van der Waals surface area contributed by atoms with Gasteiger partial charge in [-0.2, -0.15) is 0 Å². The Morgan fingerprint density at radius 3 is 2.69 bits per heavy atom. The van der Waals surface area contributed by atoms with Crippen molar-refractivity contribution in [2.75, 3.05) is 13.7 Å². The van der Waals surface area contributed by atoms with Crippen LogP contribution in [0.25, 0.3) is 0 Å². The van der Waals surface area contributed by atoms with Crippen LogP contribution in [0.2, 0.25) is 0 Å².